The van der Waals surface area contributed by atoms with Gasteiger partial charge in [-0.15, -0.1) is 10.2 Å². The molecule has 3 rings (SSSR count). The lowest BCUT2D eigenvalue weighted by Crippen LogP contribution is -2.02. The van der Waals surface area contributed by atoms with E-state index >= 15 is 0 Å². The molecule has 2 aromatic carbocycles. The zero-order valence-corrected chi connectivity index (χ0v) is 18.2. The number of aliphatic carboxylic acids is 1. The van der Waals surface area contributed by atoms with Gasteiger partial charge in [0.05, 0.1) is 14.2 Å². The van der Waals surface area contributed by atoms with Crippen LogP contribution < -0.4 is 9.47 Å². The summed E-state index contributed by atoms with van der Waals surface area (Å²) in [5.74, 6) is 0.668. The van der Waals surface area contributed by atoms with E-state index in [2.05, 4.69) is 10.2 Å². The van der Waals surface area contributed by atoms with Gasteiger partial charge in [-0.25, -0.2) is 4.79 Å². The molecule has 9 heteroatoms. The fourth-order valence-electron chi connectivity index (χ4n) is 2.79. The van der Waals surface area contributed by atoms with Crippen molar-refractivity contribution in [1.82, 2.24) is 14.8 Å². The van der Waals surface area contributed by atoms with Crippen molar-refractivity contribution in [3.05, 3.63) is 58.0 Å². The van der Waals surface area contributed by atoms with E-state index in [-0.39, 0.29) is 4.91 Å². The monoisotopic (exact) mass is 445 g/mol. The van der Waals surface area contributed by atoms with Gasteiger partial charge in [0.1, 0.15) is 4.91 Å². The fraction of sp³-hybridized carbons (Fsp3) is 0.190. The maximum absolute atomic E-state index is 11.9. The molecule has 0 spiro atoms. The molecule has 0 radical (unpaired) electrons. The van der Waals surface area contributed by atoms with Gasteiger partial charge in [-0.3, -0.25) is 0 Å². The van der Waals surface area contributed by atoms with Crippen molar-refractivity contribution < 1.29 is 19.4 Å². The first-order valence-corrected chi connectivity index (χ1v) is 10.2. The van der Waals surface area contributed by atoms with Gasteiger partial charge in [-0.1, -0.05) is 17.7 Å². The average Bonchev–Trinajstić information content (AvgIpc) is 3.16. The molecule has 0 aliphatic heterocycles. The van der Waals surface area contributed by atoms with Crippen LogP contribution >= 0.6 is 23.4 Å². The third-order valence-electron chi connectivity index (χ3n) is 4.25. The molecule has 3 aromatic rings. The molecule has 1 aromatic heterocycles. The number of hydrogen-bond acceptors (Lipinski definition) is 6. The molecule has 0 saturated heterocycles. The molecule has 0 fully saturated rings. The van der Waals surface area contributed by atoms with E-state index in [1.54, 1.807) is 43.5 Å². The Morgan fingerprint density at radius 3 is 2.43 bits per heavy atom. The van der Waals surface area contributed by atoms with Crippen LogP contribution in [0.3, 0.4) is 0 Å². The minimum atomic E-state index is -1.06. The molecule has 156 valence electrons. The van der Waals surface area contributed by atoms with Crippen LogP contribution in [0.15, 0.2) is 52.5 Å². The van der Waals surface area contributed by atoms with Crippen LogP contribution in [-0.4, -0.2) is 40.1 Å². The van der Waals surface area contributed by atoms with E-state index in [1.165, 1.54) is 7.11 Å². The molecule has 7 nitrogen and oxygen atoms in total. The van der Waals surface area contributed by atoms with Gasteiger partial charge in [0, 0.05) is 17.1 Å². The van der Waals surface area contributed by atoms with Crippen LogP contribution in [0.4, 0.5) is 0 Å². The maximum Gasteiger partial charge on any atom is 0.342 e. The fourth-order valence-corrected chi connectivity index (χ4v) is 3.80. The first-order chi connectivity index (χ1) is 14.5. The van der Waals surface area contributed by atoms with E-state index in [1.807, 2.05) is 23.6 Å². The molecular weight excluding hydrogens is 426 g/mol. The van der Waals surface area contributed by atoms with Crippen molar-refractivity contribution in [1.29, 1.82) is 0 Å². The van der Waals surface area contributed by atoms with Gasteiger partial charge in [0.15, 0.2) is 22.5 Å². The average molecular weight is 446 g/mol. The Kier molecular flexibility index (Phi) is 7.02. The topological polar surface area (TPSA) is 86.5 Å². The summed E-state index contributed by atoms with van der Waals surface area (Å²) in [6, 6.07) is 12.5. The number of carboxylic acids is 1. The second kappa shape index (κ2) is 9.69. The van der Waals surface area contributed by atoms with Gasteiger partial charge >= 0.3 is 5.97 Å². The Hall–Kier alpha value is -2.97. The number of rotatable bonds is 8. The number of thioether (sulfide) groups is 1. The second-order valence-electron chi connectivity index (χ2n) is 6.09. The summed E-state index contributed by atoms with van der Waals surface area (Å²) in [5.41, 5.74) is 1.51. The number of aromatic nitrogens is 3. The summed E-state index contributed by atoms with van der Waals surface area (Å²) in [6.45, 7) is 2.53. The number of halogens is 1. The van der Waals surface area contributed by atoms with Crippen molar-refractivity contribution in [3.63, 3.8) is 0 Å². The van der Waals surface area contributed by atoms with Crippen LogP contribution in [-0.2, 0) is 11.3 Å². The van der Waals surface area contributed by atoms with Crippen LogP contribution in [0.2, 0.25) is 5.02 Å². The van der Waals surface area contributed by atoms with Crippen LogP contribution in [0.25, 0.3) is 17.5 Å². The minimum absolute atomic E-state index is 0.104. The predicted octanol–water partition coefficient (Wildman–Crippen LogP) is 4.85. The van der Waals surface area contributed by atoms with Gasteiger partial charge in [-0.05, 0) is 66.7 Å². The first-order valence-electron chi connectivity index (χ1n) is 9.00. The van der Waals surface area contributed by atoms with Gasteiger partial charge in [0.2, 0.25) is 0 Å². The molecule has 0 saturated carbocycles. The Morgan fingerprint density at radius 1 is 1.13 bits per heavy atom. The molecule has 1 heterocycles. The van der Waals surface area contributed by atoms with Gasteiger partial charge < -0.3 is 19.1 Å². The lowest BCUT2D eigenvalue weighted by molar-refractivity contribution is -0.131. The molecule has 0 bridgehead atoms. The SMILES string of the molecule is CCn1c(S/C(=C\c2ccc(OC)c(OC)c2)C(=O)O)nnc1-c1ccc(Cl)cc1. The number of nitrogens with zero attached hydrogens (tertiary/aromatic N) is 3. The Morgan fingerprint density at radius 2 is 1.83 bits per heavy atom. The number of carboxylic acid groups (broad SMARTS) is 1. The smallest absolute Gasteiger partial charge is 0.342 e. The molecule has 0 amide bonds. The Balaban J connectivity index is 1.95. The quantitative estimate of drug-likeness (QED) is 0.391. The molecule has 1 N–H and O–H groups in total. The molecule has 0 aliphatic carbocycles. The summed E-state index contributed by atoms with van der Waals surface area (Å²) in [7, 11) is 3.07. The standard InChI is InChI=1S/C21H20ClN3O4S/c1-4-25-19(14-6-8-15(22)9-7-14)23-24-21(25)30-18(20(26)27)12-13-5-10-16(28-2)17(11-13)29-3/h5-12H,4H2,1-3H3,(H,26,27)/b18-12-. The Labute approximate surface area is 183 Å². The number of benzene rings is 2. The number of hydrogen-bond donors (Lipinski definition) is 1. The molecular formula is C21H20ClN3O4S. The summed E-state index contributed by atoms with van der Waals surface area (Å²) in [4.78, 5) is 12.0. The number of methoxy groups -OCH3 is 2. The molecule has 0 unspecified atom stereocenters. The largest absolute Gasteiger partial charge is 0.493 e. The highest BCUT2D eigenvalue weighted by Crippen LogP contribution is 2.33. The second-order valence-corrected chi connectivity index (χ2v) is 7.53. The molecule has 30 heavy (non-hydrogen) atoms. The highest BCUT2D eigenvalue weighted by molar-refractivity contribution is 8.04. The van der Waals surface area contributed by atoms with Crippen molar-refractivity contribution in [2.24, 2.45) is 0 Å². The van der Waals surface area contributed by atoms with E-state index < -0.39 is 5.97 Å². The van der Waals surface area contributed by atoms with Gasteiger partial charge in [-0.2, -0.15) is 0 Å². The van der Waals surface area contributed by atoms with Crippen molar-refractivity contribution >= 4 is 35.4 Å². The van der Waals surface area contributed by atoms with Crippen molar-refractivity contribution in [2.75, 3.05) is 14.2 Å². The molecule has 0 aliphatic rings. The lowest BCUT2D eigenvalue weighted by Gasteiger charge is -2.09. The summed E-state index contributed by atoms with van der Waals surface area (Å²) in [5, 5.41) is 19.3. The first kappa shape index (κ1) is 21.7. The number of ether oxygens (including phenoxy) is 2. The highest BCUT2D eigenvalue weighted by atomic mass is 35.5. The highest BCUT2D eigenvalue weighted by Gasteiger charge is 2.18. The normalized spacial score (nSPS) is 11.4. The van der Waals surface area contributed by atoms with E-state index in [0.717, 1.165) is 17.3 Å². The minimum Gasteiger partial charge on any atom is -0.493 e. The van der Waals surface area contributed by atoms with Crippen LogP contribution in [0.5, 0.6) is 11.5 Å². The Bertz CT molecular complexity index is 1080. The van der Waals surface area contributed by atoms with Gasteiger partial charge in [0.25, 0.3) is 0 Å². The third kappa shape index (κ3) is 4.77. The molecule has 0 atom stereocenters. The summed E-state index contributed by atoms with van der Waals surface area (Å²) >= 11 is 7.00. The summed E-state index contributed by atoms with van der Waals surface area (Å²) in [6.07, 6.45) is 1.56. The number of carbonyl (C=O) groups is 1. The van der Waals surface area contributed by atoms with Crippen molar-refractivity contribution in [2.45, 2.75) is 18.6 Å². The maximum atomic E-state index is 11.9. The van der Waals surface area contributed by atoms with E-state index in [9.17, 15) is 9.90 Å². The third-order valence-corrected chi connectivity index (χ3v) is 5.50. The van der Waals surface area contributed by atoms with E-state index in [0.29, 0.717) is 39.6 Å². The van der Waals surface area contributed by atoms with Crippen LogP contribution in [0, 0.1) is 0 Å². The summed E-state index contributed by atoms with van der Waals surface area (Å²) < 4.78 is 12.4. The zero-order chi connectivity index (χ0) is 21.7. The lowest BCUT2D eigenvalue weighted by atomic mass is 10.2. The predicted molar refractivity (Wildman–Crippen MR) is 117 cm³/mol. The van der Waals surface area contributed by atoms with Crippen LogP contribution in [0.1, 0.15) is 12.5 Å². The van der Waals surface area contributed by atoms with Crippen molar-refractivity contribution in [3.8, 4) is 22.9 Å². The zero-order valence-electron chi connectivity index (χ0n) is 16.6. The van der Waals surface area contributed by atoms with E-state index in [4.69, 9.17) is 21.1 Å².